The Hall–Kier alpha value is -3.92. The Kier molecular flexibility index (Phi) is 9.84. The van der Waals surface area contributed by atoms with Gasteiger partial charge in [0.15, 0.2) is 9.84 Å². The van der Waals surface area contributed by atoms with Crippen LogP contribution in [0.3, 0.4) is 0 Å². The van der Waals surface area contributed by atoms with Gasteiger partial charge < -0.3 is 29.4 Å². The van der Waals surface area contributed by atoms with Gasteiger partial charge in [-0.1, -0.05) is 36.4 Å². The lowest BCUT2D eigenvalue weighted by atomic mass is 10.1. The molecule has 0 radical (unpaired) electrons. The van der Waals surface area contributed by atoms with Crippen LogP contribution >= 0.6 is 0 Å². The Morgan fingerprint density at radius 2 is 1.47 bits per heavy atom. The lowest BCUT2D eigenvalue weighted by Crippen LogP contribution is -2.31. The van der Waals surface area contributed by atoms with Crippen molar-refractivity contribution in [3.63, 3.8) is 0 Å². The van der Waals surface area contributed by atoms with Gasteiger partial charge in [0, 0.05) is 24.1 Å². The molecule has 38 heavy (non-hydrogen) atoms. The second-order valence-corrected chi connectivity index (χ2v) is 10.8. The fourth-order valence-corrected chi connectivity index (χ4v) is 5.45. The van der Waals surface area contributed by atoms with Crippen molar-refractivity contribution in [2.24, 2.45) is 0 Å². The van der Waals surface area contributed by atoms with E-state index in [1.807, 2.05) is 30.3 Å². The van der Waals surface area contributed by atoms with E-state index in [0.717, 1.165) is 5.56 Å². The fourth-order valence-electron chi connectivity index (χ4n) is 4.10. The van der Waals surface area contributed by atoms with Crippen LogP contribution in [0.25, 0.3) is 0 Å². The summed E-state index contributed by atoms with van der Waals surface area (Å²) in [5.41, 5.74) is 2.39. The lowest BCUT2D eigenvalue weighted by molar-refractivity contribution is -0.137. The van der Waals surface area contributed by atoms with Gasteiger partial charge in [-0.05, 0) is 29.7 Å². The van der Waals surface area contributed by atoms with Gasteiger partial charge >= 0.3 is 5.97 Å². The first-order valence-electron chi connectivity index (χ1n) is 11.9. The summed E-state index contributed by atoms with van der Waals surface area (Å²) in [6.45, 7) is 0. The Morgan fingerprint density at radius 3 is 2.03 bits per heavy atom. The average Bonchev–Trinajstić information content (AvgIpc) is 2.91. The smallest absolute Gasteiger partial charge is 0.326 e. The zero-order chi connectivity index (χ0) is 27.7. The molecule has 3 aromatic rings. The van der Waals surface area contributed by atoms with Gasteiger partial charge in [0.2, 0.25) is 0 Å². The minimum atomic E-state index is -3.56. The third-order valence-corrected chi connectivity index (χ3v) is 7.64. The monoisotopic (exact) mass is 543 g/mol. The number of benzene rings is 3. The topological polar surface area (TPSA) is 120 Å². The standard InChI is InChI=1S/C28H33NO8S/c1-34-21-16-26(36-3)22(27(17-21)37-4)12-13-38(32,33)18-20-10-11-25(35-2)23(15-20)29-24(28(30)31)14-19-8-6-5-7-9-19/h5-11,15-17,24,29H,12-14,18H2,1-4H3,(H,30,31). The first-order chi connectivity index (χ1) is 18.2. The predicted molar refractivity (Wildman–Crippen MR) is 145 cm³/mol. The molecule has 2 N–H and O–H groups in total. The van der Waals surface area contributed by atoms with E-state index >= 15 is 0 Å². The van der Waals surface area contributed by atoms with Crippen molar-refractivity contribution in [3.8, 4) is 23.0 Å². The molecule has 0 heterocycles. The third kappa shape index (κ3) is 7.55. The van der Waals surface area contributed by atoms with Crippen LogP contribution in [0.15, 0.2) is 60.7 Å². The van der Waals surface area contributed by atoms with E-state index in [1.165, 1.54) is 28.4 Å². The van der Waals surface area contributed by atoms with Gasteiger partial charge in [-0.3, -0.25) is 0 Å². The van der Waals surface area contributed by atoms with Crippen molar-refractivity contribution < 1.29 is 37.3 Å². The first-order valence-corrected chi connectivity index (χ1v) is 13.7. The highest BCUT2D eigenvalue weighted by atomic mass is 32.2. The van der Waals surface area contributed by atoms with Crippen molar-refractivity contribution in [1.82, 2.24) is 0 Å². The summed E-state index contributed by atoms with van der Waals surface area (Å²) in [4.78, 5) is 12.0. The van der Waals surface area contributed by atoms with Crippen molar-refractivity contribution in [1.29, 1.82) is 0 Å². The van der Waals surface area contributed by atoms with Crippen LogP contribution in [0, 0.1) is 0 Å². The maximum absolute atomic E-state index is 13.1. The molecule has 0 bridgehead atoms. The maximum atomic E-state index is 13.1. The molecule has 0 fully saturated rings. The summed E-state index contributed by atoms with van der Waals surface area (Å²) in [7, 11) is 2.44. The van der Waals surface area contributed by atoms with Crippen molar-refractivity contribution in [3.05, 3.63) is 77.4 Å². The van der Waals surface area contributed by atoms with Crippen molar-refractivity contribution >= 4 is 21.5 Å². The molecule has 1 unspecified atom stereocenters. The summed E-state index contributed by atoms with van der Waals surface area (Å²) >= 11 is 0. The lowest BCUT2D eigenvalue weighted by Gasteiger charge is -2.19. The van der Waals surface area contributed by atoms with Gasteiger partial charge in [0.25, 0.3) is 0 Å². The molecule has 10 heteroatoms. The molecule has 0 spiro atoms. The highest BCUT2D eigenvalue weighted by Gasteiger charge is 2.22. The number of methoxy groups -OCH3 is 4. The van der Waals surface area contributed by atoms with E-state index in [9.17, 15) is 18.3 Å². The number of carboxylic acids is 1. The highest BCUT2D eigenvalue weighted by molar-refractivity contribution is 7.90. The Bertz CT molecular complexity index is 1320. The quantitative estimate of drug-likeness (QED) is 0.311. The SMILES string of the molecule is COc1cc(OC)c(CCS(=O)(=O)Cc2ccc(OC)c(NC(Cc3ccccc3)C(=O)O)c2)c(OC)c1. The first kappa shape index (κ1) is 28.6. The summed E-state index contributed by atoms with van der Waals surface area (Å²) in [6.07, 6.45) is 0.422. The van der Waals surface area contributed by atoms with E-state index in [4.69, 9.17) is 18.9 Å². The van der Waals surface area contributed by atoms with Crippen LogP contribution in [0.2, 0.25) is 0 Å². The number of carbonyl (C=O) groups is 1. The van der Waals surface area contributed by atoms with Crippen LogP contribution in [-0.4, -0.2) is 59.7 Å². The van der Waals surface area contributed by atoms with E-state index in [0.29, 0.717) is 39.8 Å². The highest BCUT2D eigenvalue weighted by Crippen LogP contribution is 2.35. The van der Waals surface area contributed by atoms with Crippen LogP contribution in [0.5, 0.6) is 23.0 Å². The zero-order valence-corrected chi connectivity index (χ0v) is 22.7. The van der Waals surface area contributed by atoms with Crippen LogP contribution < -0.4 is 24.3 Å². The summed E-state index contributed by atoms with van der Waals surface area (Å²) < 4.78 is 47.7. The number of rotatable bonds is 14. The molecular weight excluding hydrogens is 510 g/mol. The predicted octanol–water partition coefficient (Wildman–Crippen LogP) is 3.99. The number of carboxylic acid groups (broad SMARTS) is 1. The zero-order valence-electron chi connectivity index (χ0n) is 21.9. The second-order valence-electron chi connectivity index (χ2n) is 8.61. The van der Waals surface area contributed by atoms with E-state index < -0.39 is 21.8 Å². The second kappa shape index (κ2) is 13.0. The molecule has 0 aliphatic rings. The number of aliphatic carboxylic acids is 1. The van der Waals surface area contributed by atoms with Gasteiger partial charge in [0.05, 0.1) is 45.6 Å². The number of nitrogens with one attached hydrogen (secondary N) is 1. The fraction of sp³-hybridized carbons (Fsp3) is 0.321. The van der Waals surface area contributed by atoms with Gasteiger partial charge in [-0.25, -0.2) is 13.2 Å². The van der Waals surface area contributed by atoms with Gasteiger partial charge in [0.1, 0.15) is 29.0 Å². The summed E-state index contributed by atoms with van der Waals surface area (Å²) in [5, 5.41) is 12.8. The molecule has 0 amide bonds. The molecule has 0 saturated carbocycles. The van der Waals surface area contributed by atoms with Crippen LogP contribution in [0.4, 0.5) is 5.69 Å². The number of sulfone groups is 1. The van der Waals surface area contributed by atoms with Crippen molar-refractivity contribution in [2.45, 2.75) is 24.6 Å². The van der Waals surface area contributed by atoms with E-state index in [-0.39, 0.29) is 24.3 Å². The summed E-state index contributed by atoms with van der Waals surface area (Å²) in [6, 6.07) is 16.6. The molecule has 1 atom stereocenters. The molecule has 0 aliphatic heterocycles. The maximum Gasteiger partial charge on any atom is 0.326 e. The Labute approximate surface area is 223 Å². The molecule has 3 aromatic carbocycles. The van der Waals surface area contributed by atoms with Gasteiger partial charge in [-0.15, -0.1) is 0 Å². The summed E-state index contributed by atoms with van der Waals surface area (Å²) in [5.74, 6) is 0.496. The minimum Gasteiger partial charge on any atom is -0.496 e. The normalized spacial score (nSPS) is 11.9. The van der Waals surface area contributed by atoms with E-state index in [1.54, 1.807) is 30.3 Å². The average molecular weight is 544 g/mol. The number of anilines is 1. The number of hydrogen-bond acceptors (Lipinski definition) is 8. The number of hydrogen-bond donors (Lipinski definition) is 2. The molecule has 0 saturated heterocycles. The van der Waals surface area contributed by atoms with Crippen LogP contribution in [-0.2, 0) is 33.2 Å². The Morgan fingerprint density at radius 1 is 0.842 bits per heavy atom. The molecule has 0 aliphatic carbocycles. The largest absolute Gasteiger partial charge is 0.496 e. The minimum absolute atomic E-state index is 0.146. The molecule has 9 nitrogen and oxygen atoms in total. The van der Waals surface area contributed by atoms with Gasteiger partial charge in [-0.2, -0.15) is 0 Å². The van der Waals surface area contributed by atoms with E-state index in [2.05, 4.69) is 5.32 Å². The molecular formula is C28H33NO8S. The molecule has 3 rings (SSSR count). The number of ether oxygens (including phenoxy) is 4. The van der Waals surface area contributed by atoms with Crippen LogP contribution in [0.1, 0.15) is 16.7 Å². The molecule has 204 valence electrons. The Balaban J connectivity index is 1.78. The van der Waals surface area contributed by atoms with Crippen molar-refractivity contribution in [2.75, 3.05) is 39.5 Å². The third-order valence-electron chi connectivity index (χ3n) is 6.04. The molecule has 0 aromatic heterocycles.